The number of nitrogens with one attached hydrogen (secondary N) is 1. The van der Waals surface area contributed by atoms with Gasteiger partial charge in [-0.25, -0.2) is 0 Å². The molecule has 0 aliphatic heterocycles. The van der Waals surface area contributed by atoms with Crippen molar-refractivity contribution in [2.75, 3.05) is 39.3 Å². The minimum atomic E-state index is 0.316. The second kappa shape index (κ2) is 8.06. The maximum absolute atomic E-state index is 8.94. The molecule has 2 N–H and O–H groups in total. The van der Waals surface area contributed by atoms with Gasteiger partial charge < -0.3 is 15.3 Å². The summed E-state index contributed by atoms with van der Waals surface area (Å²) in [5.74, 6) is 0. The second-order valence-corrected chi connectivity index (χ2v) is 5.43. The van der Waals surface area contributed by atoms with E-state index in [0.29, 0.717) is 12.0 Å². The van der Waals surface area contributed by atoms with Gasteiger partial charge in [0.2, 0.25) is 0 Å². The van der Waals surface area contributed by atoms with Gasteiger partial charge in [0.15, 0.2) is 0 Å². The maximum atomic E-state index is 8.94. The molecule has 1 aliphatic rings. The van der Waals surface area contributed by atoms with E-state index in [0.717, 1.165) is 26.1 Å². The van der Waals surface area contributed by atoms with E-state index in [2.05, 4.69) is 24.1 Å². The lowest BCUT2D eigenvalue weighted by atomic mass is 9.85. The summed E-state index contributed by atoms with van der Waals surface area (Å²) in [5.41, 5.74) is 0.501. The van der Waals surface area contributed by atoms with Gasteiger partial charge in [0.05, 0.1) is 0 Å². The maximum Gasteiger partial charge on any atom is 0.0443 e. The first kappa shape index (κ1) is 14.9. The standard InChI is InChI=1S/C14H30N2O/c1-3-15-12-14(8-5-6-9-14)13-16(4-2)10-7-11-17/h15,17H,3-13H2,1-2H3. The van der Waals surface area contributed by atoms with E-state index in [9.17, 15) is 0 Å². The van der Waals surface area contributed by atoms with Crippen molar-refractivity contribution in [1.29, 1.82) is 0 Å². The molecular formula is C14H30N2O. The van der Waals surface area contributed by atoms with Crippen LogP contribution in [-0.2, 0) is 0 Å². The Bertz CT molecular complexity index is 191. The van der Waals surface area contributed by atoms with Crippen LogP contribution in [0.15, 0.2) is 0 Å². The molecule has 0 spiro atoms. The monoisotopic (exact) mass is 242 g/mol. The minimum Gasteiger partial charge on any atom is -0.396 e. The summed E-state index contributed by atoms with van der Waals surface area (Å²) in [7, 11) is 0. The van der Waals surface area contributed by atoms with Gasteiger partial charge in [-0.05, 0) is 37.8 Å². The molecule has 0 saturated heterocycles. The molecule has 3 heteroatoms. The zero-order valence-electron chi connectivity index (χ0n) is 11.7. The van der Waals surface area contributed by atoms with Crippen LogP contribution in [0.1, 0.15) is 46.0 Å². The number of hydrogen-bond donors (Lipinski definition) is 2. The first-order chi connectivity index (χ1) is 8.26. The summed E-state index contributed by atoms with van der Waals surface area (Å²) < 4.78 is 0. The third kappa shape index (κ3) is 4.94. The van der Waals surface area contributed by atoms with Gasteiger partial charge in [0.25, 0.3) is 0 Å². The zero-order valence-corrected chi connectivity index (χ0v) is 11.7. The van der Waals surface area contributed by atoms with Crippen molar-refractivity contribution in [2.24, 2.45) is 5.41 Å². The summed E-state index contributed by atoms with van der Waals surface area (Å²) >= 11 is 0. The Morgan fingerprint density at radius 3 is 2.47 bits per heavy atom. The predicted octanol–water partition coefficient (Wildman–Crippen LogP) is 1.86. The molecule has 1 saturated carbocycles. The van der Waals surface area contributed by atoms with Crippen molar-refractivity contribution in [3.05, 3.63) is 0 Å². The molecule has 1 rings (SSSR count). The summed E-state index contributed by atoms with van der Waals surface area (Å²) in [6.45, 7) is 10.3. The number of aliphatic hydroxyl groups is 1. The van der Waals surface area contributed by atoms with Crippen molar-refractivity contribution in [3.63, 3.8) is 0 Å². The fourth-order valence-corrected chi connectivity index (χ4v) is 3.02. The fraction of sp³-hybridized carbons (Fsp3) is 1.00. The summed E-state index contributed by atoms with van der Waals surface area (Å²) in [6.07, 6.45) is 6.43. The van der Waals surface area contributed by atoms with E-state index in [4.69, 9.17) is 5.11 Å². The van der Waals surface area contributed by atoms with Crippen LogP contribution < -0.4 is 5.32 Å². The van der Waals surface area contributed by atoms with Gasteiger partial charge in [0.1, 0.15) is 0 Å². The fourth-order valence-electron chi connectivity index (χ4n) is 3.02. The molecule has 0 aromatic rings. The van der Waals surface area contributed by atoms with Gasteiger partial charge >= 0.3 is 0 Å². The van der Waals surface area contributed by atoms with Crippen LogP contribution in [-0.4, -0.2) is 49.3 Å². The average Bonchev–Trinajstić information content (AvgIpc) is 2.81. The van der Waals surface area contributed by atoms with Crippen LogP contribution in [0.4, 0.5) is 0 Å². The average molecular weight is 242 g/mol. The molecule has 0 atom stereocenters. The van der Waals surface area contributed by atoms with Crippen molar-refractivity contribution in [2.45, 2.75) is 46.0 Å². The van der Waals surface area contributed by atoms with E-state index in [1.807, 2.05) is 0 Å². The molecular weight excluding hydrogens is 212 g/mol. The van der Waals surface area contributed by atoms with E-state index < -0.39 is 0 Å². The molecule has 0 unspecified atom stereocenters. The van der Waals surface area contributed by atoms with Gasteiger partial charge in [0, 0.05) is 26.2 Å². The molecule has 3 nitrogen and oxygen atoms in total. The third-order valence-electron chi connectivity index (χ3n) is 4.05. The topological polar surface area (TPSA) is 35.5 Å². The number of hydrogen-bond acceptors (Lipinski definition) is 3. The third-order valence-corrected chi connectivity index (χ3v) is 4.05. The van der Waals surface area contributed by atoms with Crippen LogP contribution in [0.2, 0.25) is 0 Å². The quantitative estimate of drug-likeness (QED) is 0.648. The Balaban J connectivity index is 2.45. The van der Waals surface area contributed by atoms with Gasteiger partial charge in [-0.2, -0.15) is 0 Å². The minimum absolute atomic E-state index is 0.316. The highest BCUT2D eigenvalue weighted by molar-refractivity contribution is 4.89. The molecule has 17 heavy (non-hydrogen) atoms. The lowest BCUT2D eigenvalue weighted by Gasteiger charge is -2.35. The Hall–Kier alpha value is -0.120. The van der Waals surface area contributed by atoms with Crippen molar-refractivity contribution < 1.29 is 5.11 Å². The smallest absolute Gasteiger partial charge is 0.0443 e. The first-order valence-corrected chi connectivity index (χ1v) is 7.30. The normalized spacial score (nSPS) is 19.1. The number of nitrogens with zero attached hydrogens (tertiary/aromatic N) is 1. The van der Waals surface area contributed by atoms with Gasteiger partial charge in [-0.1, -0.05) is 26.7 Å². The molecule has 102 valence electrons. The summed E-state index contributed by atoms with van der Waals surface area (Å²) in [5, 5.41) is 12.5. The number of aliphatic hydroxyl groups excluding tert-OH is 1. The van der Waals surface area contributed by atoms with E-state index >= 15 is 0 Å². The zero-order chi connectivity index (χ0) is 12.6. The number of rotatable bonds is 9. The van der Waals surface area contributed by atoms with Crippen molar-refractivity contribution >= 4 is 0 Å². The van der Waals surface area contributed by atoms with Crippen LogP contribution in [0.5, 0.6) is 0 Å². The van der Waals surface area contributed by atoms with E-state index in [-0.39, 0.29) is 0 Å². The predicted molar refractivity (Wildman–Crippen MR) is 73.3 cm³/mol. The summed E-state index contributed by atoms with van der Waals surface area (Å²) in [6, 6.07) is 0. The Morgan fingerprint density at radius 2 is 1.94 bits per heavy atom. The SMILES string of the molecule is CCNCC1(CN(CC)CCCO)CCCC1. The molecule has 0 heterocycles. The van der Waals surface area contributed by atoms with E-state index in [1.54, 1.807) is 0 Å². The molecule has 1 aliphatic carbocycles. The molecule has 0 amide bonds. The molecule has 0 bridgehead atoms. The Kier molecular flexibility index (Phi) is 7.09. The highest BCUT2D eigenvalue weighted by Gasteiger charge is 2.34. The molecule has 1 fully saturated rings. The highest BCUT2D eigenvalue weighted by Crippen LogP contribution is 2.38. The molecule has 0 aromatic heterocycles. The molecule has 0 radical (unpaired) electrons. The second-order valence-electron chi connectivity index (χ2n) is 5.43. The largest absolute Gasteiger partial charge is 0.396 e. The van der Waals surface area contributed by atoms with Crippen LogP contribution in [0.3, 0.4) is 0 Å². The lowest BCUT2D eigenvalue weighted by Crippen LogP contribution is -2.43. The Labute approximate surface area is 107 Å². The summed E-state index contributed by atoms with van der Waals surface area (Å²) in [4.78, 5) is 2.51. The van der Waals surface area contributed by atoms with E-state index in [1.165, 1.54) is 38.8 Å². The highest BCUT2D eigenvalue weighted by atomic mass is 16.3. The lowest BCUT2D eigenvalue weighted by molar-refractivity contribution is 0.144. The van der Waals surface area contributed by atoms with Gasteiger partial charge in [-0.3, -0.25) is 0 Å². The first-order valence-electron chi connectivity index (χ1n) is 7.30. The van der Waals surface area contributed by atoms with Gasteiger partial charge in [-0.15, -0.1) is 0 Å². The Morgan fingerprint density at radius 1 is 1.24 bits per heavy atom. The van der Waals surface area contributed by atoms with Crippen molar-refractivity contribution in [1.82, 2.24) is 10.2 Å². The van der Waals surface area contributed by atoms with Crippen LogP contribution >= 0.6 is 0 Å². The van der Waals surface area contributed by atoms with Crippen LogP contribution in [0.25, 0.3) is 0 Å². The van der Waals surface area contributed by atoms with Crippen molar-refractivity contribution in [3.8, 4) is 0 Å². The molecule has 0 aromatic carbocycles. The van der Waals surface area contributed by atoms with Crippen LogP contribution in [0, 0.1) is 5.41 Å².